The van der Waals surface area contributed by atoms with Gasteiger partial charge in [-0.1, -0.05) is 235 Å². The van der Waals surface area contributed by atoms with E-state index in [1.54, 1.807) is 0 Å². The quantitative estimate of drug-likeness (QED) is 0.0298. The Morgan fingerprint density at radius 1 is 0.441 bits per heavy atom. The third kappa shape index (κ3) is 53.7. The van der Waals surface area contributed by atoms with Gasteiger partial charge >= 0.3 is 25.7 Å². The SMILES string of the molecule is CCCCCCCCCCCCCCCCCC(=O)OC[C@H](COP(=O)(O)OC[C@@H](N)C(=O)O)OC(=O)CCCCCCCCCCCCCCCCC.CCN(CC)CC.CCN(CC)CC. The van der Waals surface area contributed by atoms with E-state index in [-0.39, 0.29) is 19.4 Å². The van der Waals surface area contributed by atoms with E-state index in [1.165, 1.54) is 181 Å². The van der Waals surface area contributed by atoms with Crippen LogP contribution < -0.4 is 5.73 Å². The van der Waals surface area contributed by atoms with Crippen molar-refractivity contribution < 1.29 is 47.5 Å². The number of hydrogen-bond acceptors (Lipinski definition) is 11. The first-order valence-corrected chi connectivity index (χ1v) is 29.7. The van der Waals surface area contributed by atoms with Gasteiger partial charge in [-0.05, 0) is 52.1 Å². The second kappa shape index (κ2) is 54.7. The Morgan fingerprint density at radius 3 is 1.00 bits per heavy atom. The fourth-order valence-corrected chi connectivity index (χ4v) is 8.48. The molecule has 0 aliphatic heterocycles. The zero-order valence-electron chi connectivity index (χ0n) is 45.7. The molecule has 0 saturated carbocycles. The van der Waals surface area contributed by atoms with Gasteiger partial charge in [-0.3, -0.25) is 23.4 Å². The van der Waals surface area contributed by atoms with Crippen LogP contribution in [-0.2, 0) is 37.5 Å². The van der Waals surface area contributed by atoms with Gasteiger partial charge in [-0.15, -0.1) is 0 Å². The lowest BCUT2D eigenvalue weighted by Crippen LogP contribution is -2.34. The molecule has 0 heterocycles. The molecule has 1 unspecified atom stereocenters. The number of nitrogens with two attached hydrogens (primary N) is 1. The third-order valence-corrected chi connectivity index (χ3v) is 13.5. The number of nitrogens with zero attached hydrogens (tertiary/aromatic N) is 2. The normalized spacial score (nSPS) is 13.0. The summed E-state index contributed by atoms with van der Waals surface area (Å²) in [6.45, 7) is 23.1. The number of carbonyl (C=O) groups excluding carboxylic acids is 2. The lowest BCUT2D eigenvalue weighted by atomic mass is 10.0. The zero-order chi connectivity index (χ0) is 51.4. The van der Waals surface area contributed by atoms with Crippen LogP contribution in [-0.4, -0.2) is 109 Å². The van der Waals surface area contributed by atoms with E-state index in [0.29, 0.717) is 12.8 Å². The molecule has 14 heteroatoms. The van der Waals surface area contributed by atoms with Gasteiger partial charge < -0.3 is 35.0 Å². The maximum atomic E-state index is 12.6. The maximum Gasteiger partial charge on any atom is 0.472 e. The Bertz CT molecular complexity index is 1110. The van der Waals surface area contributed by atoms with Gasteiger partial charge in [0.05, 0.1) is 13.2 Å². The summed E-state index contributed by atoms with van der Waals surface area (Å²) in [5, 5.41) is 8.88. The summed E-state index contributed by atoms with van der Waals surface area (Å²) in [4.78, 5) is 50.7. The highest BCUT2D eigenvalue weighted by Crippen LogP contribution is 2.43. The van der Waals surface area contributed by atoms with E-state index in [4.69, 9.17) is 24.8 Å². The number of carboxylic acids is 1. The molecule has 0 aliphatic rings. The Hall–Kier alpha value is -1.60. The van der Waals surface area contributed by atoms with E-state index in [1.807, 2.05) is 0 Å². The minimum Gasteiger partial charge on any atom is -0.480 e. The minimum absolute atomic E-state index is 0.169. The lowest BCUT2D eigenvalue weighted by Gasteiger charge is -2.20. The molecule has 13 nitrogen and oxygen atoms in total. The number of ether oxygens (including phenoxy) is 2. The van der Waals surface area contributed by atoms with Crippen molar-refractivity contribution in [3.8, 4) is 0 Å². The van der Waals surface area contributed by atoms with Crippen molar-refractivity contribution >= 4 is 25.7 Å². The van der Waals surface area contributed by atoms with E-state index in [2.05, 4.69) is 69.7 Å². The average Bonchev–Trinajstić information content (AvgIpc) is 3.33. The van der Waals surface area contributed by atoms with Crippen LogP contribution in [0, 0.1) is 0 Å². The van der Waals surface area contributed by atoms with Crippen LogP contribution in [0.4, 0.5) is 0 Å². The maximum absolute atomic E-state index is 12.6. The Balaban J connectivity index is -0.00000259. The molecule has 0 aromatic carbocycles. The smallest absolute Gasteiger partial charge is 0.472 e. The number of unbranched alkanes of at least 4 members (excludes halogenated alkanes) is 28. The van der Waals surface area contributed by atoms with Crippen molar-refractivity contribution in [2.75, 3.05) is 59.1 Å². The first-order valence-electron chi connectivity index (χ1n) is 28.2. The largest absolute Gasteiger partial charge is 0.480 e. The Morgan fingerprint density at radius 2 is 0.721 bits per heavy atom. The number of rotatable bonds is 48. The van der Waals surface area contributed by atoms with E-state index >= 15 is 0 Å². The minimum atomic E-state index is -4.71. The van der Waals surface area contributed by atoms with Gasteiger partial charge in [0.1, 0.15) is 12.6 Å². The van der Waals surface area contributed by atoms with Gasteiger partial charge in [0, 0.05) is 12.8 Å². The van der Waals surface area contributed by atoms with Gasteiger partial charge in [0.25, 0.3) is 0 Å². The highest BCUT2D eigenvalue weighted by Gasteiger charge is 2.28. The summed E-state index contributed by atoms with van der Waals surface area (Å²) in [6.07, 6.45) is 35.9. The van der Waals surface area contributed by atoms with Crippen LogP contribution in [0.3, 0.4) is 0 Å². The molecule has 0 aromatic heterocycles. The van der Waals surface area contributed by atoms with Crippen molar-refractivity contribution in [2.24, 2.45) is 5.73 Å². The number of carboxylic acid groups (broad SMARTS) is 1. The summed E-state index contributed by atoms with van der Waals surface area (Å²) in [6, 6.07) is -1.52. The monoisotopic (exact) mass is 994 g/mol. The first kappa shape index (κ1) is 70.7. The highest BCUT2D eigenvalue weighted by molar-refractivity contribution is 7.47. The van der Waals surface area contributed by atoms with Crippen LogP contribution in [0.5, 0.6) is 0 Å². The molecule has 0 saturated heterocycles. The third-order valence-electron chi connectivity index (χ3n) is 12.5. The first-order chi connectivity index (χ1) is 32.8. The van der Waals surface area contributed by atoms with E-state index in [0.717, 1.165) is 38.5 Å². The number of esters is 2. The Labute approximate surface area is 419 Å². The number of carbonyl (C=O) groups is 3. The van der Waals surface area contributed by atoms with Crippen molar-refractivity contribution in [1.29, 1.82) is 0 Å². The fourth-order valence-electron chi connectivity index (χ4n) is 7.70. The van der Waals surface area contributed by atoms with Gasteiger partial charge in [-0.2, -0.15) is 0 Å². The summed E-state index contributed by atoms with van der Waals surface area (Å²) in [5.41, 5.74) is 5.33. The Kier molecular flexibility index (Phi) is 56.9. The summed E-state index contributed by atoms with van der Waals surface area (Å²) in [5.74, 6) is -2.36. The molecule has 0 radical (unpaired) electrons. The second-order valence-electron chi connectivity index (χ2n) is 18.4. The topological polar surface area (TPSA) is 178 Å². The molecule has 0 amide bonds. The second-order valence-corrected chi connectivity index (χ2v) is 19.9. The van der Waals surface area contributed by atoms with Crippen LogP contribution in [0.25, 0.3) is 0 Å². The summed E-state index contributed by atoms with van der Waals surface area (Å²) < 4.78 is 32.7. The number of phosphoric ester groups is 1. The van der Waals surface area contributed by atoms with E-state index in [9.17, 15) is 23.8 Å². The predicted molar refractivity (Wildman–Crippen MR) is 284 cm³/mol. The molecule has 0 fully saturated rings. The number of aliphatic carboxylic acids is 1. The number of hydrogen-bond donors (Lipinski definition) is 3. The molecule has 0 rings (SSSR count). The van der Waals surface area contributed by atoms with Crippen molar-refractivity contribution in [1.82, 2.24) is 9.80 Å². The molecule has 4 N–H and O–H groups in total. The van der Waals surface area contributed by atoms with Crippen LogP contribution in [0.15, 0.2) is 0 Å². The molecular formula is C54H112N3O10P. The molecule has 3 atom stereocenters. The van der Waals surface area contributed by atoms with Gasteiger partial charge in [0.2, 0.25) is 0 Å². The van der Waals surface area contributed by atoms with Crippen molar-refractivity contribution in [3.63, 3.8) is 0 Å². The highest BCUT2D eigenvalue weighted by atomic mass is 31.2. The molecule has 0 aromatic rings. The van der Waals surface area contributed by atoms with Crippen molar-refractivity contribution in [2.45, 2.75) is 273 Å². The number of phosphoric acid groups is 1. The van der Waals surface area contributed by atoms with Crippen LogP contribution in [0.2, 0.25) is 0 Å². The van der Waals surface area contributed by atoms with Crippen molar-refractivity contribution in [3.05, 3.63) is 0 Å². The molecule has 408 valence electrons. The lowest BCUT2D eigenvalue weighted by molar-refractivity contribution is -0.161. The predicted octanol–water partition coefficient (Wildman–Crippen LogP) is 14.2. The van der Waals surface area contributed by atoms with E-state index < -0.39 is 51.1 Å². The molecule has 0 bridgehead atoms. The van der Waals surface area contributed by atoms with Gasteiger partial charge in [0.15, 0.2) is 6.10 Å². The van der Waals surface area contributed by atoms with Crippen LogP contribution in [0.1, 0.15) is 261 Å². The molecule has 0 spiro atoms. The molecule has 0 aliphatic carbocycles. The van der Waals surface area contributed by atoms with Crippen LogP contribution >= 0.6 is 7.82 Å². The summed E-state index contributed by atoms with van der Waals surface area (Å²) >= 11 is 0. The average molecular weight is 994 g/mol. The fraction of sp³-hybridized carbons (Fsp3) is 0.944. The molecule has 68 heavy (non-hydrogen) atoms. The molecular weight excluding hydrogens is 882 g/mol. The standard InChI is InChI=1S/C42H82NO10P.2C6H15N/c1-3-5-7-9-11-13-15-17-19-21-23-25-27-29-31-33-40(44)50-35-38(36-51-54(48,49)52-37-39(43)42(46)47)53-41(45)34-32-30-28-26-24-22-20-18-16-14-12-10-8-6-4-2;2*1-4-7(5-2)6-3/h38-39H,3-37,43H2,1-2H3,(H,46,47)(H,48,49);2*4-6H2,1-3H3/t38-,39-;;/m1../s1. The summed E-state index contributed by atoms with van der Waals surface area (Å²) in [7, 11) is -4.71. The zero-order valence-corrected chi connectivity index (χ0v) is 46.6. The van der Waals surface area contributed by atoms with Gasteiger partial charge in [-0.25, -0.2) is 4.57 Å².